The van der Waals surface area contributed by atoms with Gasteiger partial charge in [0.05, 0.1) is 0 Å². The number of unbranched alkanes of at least 4 members (excludes halogenated alkanes) is 1. The first kappa shape index (κ1) is 35.1. The van der Waals surface area contributed by atoms with Gasteiger partial charge in [-0.25, -0.2) is 0 Å². The molecule has 2 unspecified atom stereocenters. The molecule has 2 atom stereocenters. The molecule has 0 heteroatoms. The Labute approximate surface area is 237 Å². The molecule has 2 aliphatic rings. The van der Waals surface area contributed by atoms with Gasteiger partial charge in [0.2, 0.25) is 0 Å². The molecule has 0 aliphatic heterocycles. The van der Waals surface area contributed by atoms with Crippen molar-refractivity contribution in [2.24, 2.45) is 5.92 Å². The van der Waals surface area contributed by atoms with E-state index in [0.29, 0.717) is 5.92 Å². The number of allylic oxidation sites excluding steroid dienone is 10. The average Bonchev–Trinajstić information content (AvgIpc) is 3.26. The van der Waals surface area contributed by atoms with E-state index < -0.39 is 0 Å². The van der Waals surface area contributed by atoms with E-state index in [0.717, 1.165) is 6.42 Å². The Hall–Kier alpha value is -2.86. The second-order valence-corrected chi connectivity index (χ2v) is 8.89. The summed E-state index contributed by atoms with van der Waals surface area (Å²) < 4.78 is 0. The molecule has 38 heavy (non-hydrogen) atoms. The van der Waals surface area contributed by atoms with Crippen molar-refractivity contribution < 1.29 is 0 Å². The maximum absolute atomic E-state index is 2.34. The maximum atomic E-state index is 2.34. The zero-order chi connectivity index (χ0) is 28.7. The normalized spacial score (nSPS) is 18.8. The van der Waals surface area contributed by atoms with Crippen molar-refractivity contribution in [1.29, 1.82) is 0 Å². The summed E-state index contributed by atoms with van der Waals surface area (Å²) in [5.74, 6) is 0.616. The summed E-state index contributed by atoms with van der Waals surface area (Å²) in [7, 11) is 0. The molecule has 2 aromatic rings. The van der Waals surface area contributed by atoms with Crippen LogP contribution in [-0.2, 0) is 5.41 Å². The van der Waals surface area contributed by atoms with Crippen molar-refractivity contribution in [3.8, 4) is 0 Å². The fourth-order valence-electron chi connectivity index (χ4n) is 4.53. The first-order valence-corrected chi connectivity index (χ1v) is 15.2. The highest BCUT2D eigenvalue weighted by Gasteiger charge is 2.31. The molecule has 0 radical (unpaired) electrons. The quantitative estimate of drug-likeness (QED) is 0.361. The fourth-order valence-corrected chi connectivity index (χ4v) is 4.53. The second-order valence-electron chi connectivity index (χ2n) is 8.89. The number of rotatable bonds is 6. The van der Waals surface area contributed by atoms with Crippen LogP contribution in [0.2, 0.25) is 0 Å². The van der Waals surface area contributed by atoms with Gasteiger partial charge < -0.3 is 0 Å². The third kappa shape index (κ3) is 11.7. The third-order valence-electron chi connectivity index (χ3n) is 6.58. The highest BCUT2D eigenvalue weighted by atomic mass is 14.3. The molecule has 0 saturated heterocycles. The summed E-state index contributed by atoms with van der Waals surface area (Å²) in [4.78, 5) is 0. The smallest absolute Gasteiger partial charge is 0.0169 e. The molecule has 0 aromatic heterocycles. The van der Waals surface area contributed by atoms with Gasteiger partial charge in [-0.3, -0.25) is 0 Å². The predicted molar refractivity (Wildman–Crippen MR) is 176 cm³/mol. The van der Waals surface area contributed by atoms with E-state index in [1.807, 2.05) is 41.5 Å². The Morgan fingerprint density at radius 1 is 0.789 bits per heavy atom. The lowest BCUT2D eigenvalue weighted by molar-refractivity contribution is 0.414. The minimum Gasteiger partial charge on any atom is -0.0804 e. The predicted octanol–water partition coefficient (Wildman–Crippen LogP) is 12.3. The molecule has 0 saturated carbocycles. The molecule has 0 nitrogen and oxygen atoms in total. The van der Waals surface area contributed by atoms with Gasteiger partial charge in [0, 0.05) is 5.41 Å². The number of benzene rings is 2. The highest BCUT2D eigenvalue weighted by molar-refractivity contribution is 5.75. The summed E-state index contributed by atoms with van der Waals surface area (Å²) in [6.07, 6.45) is 24.1. The monoisotopic (exact) mass is 512 g/mol. The third-order valence-corrected chi connectivity index (χ3v) is 6.58. The molecular formula is C38H56. The largest absolute Gasteiger partial charge is 0.0804 e. The molecule has 2 aliphatic carbocycles. The van der Waals surface area contributed by atoms with Crippen molar-refractivity contribution in [2.75, 3.05) is 0 Å². The first-order valence-electron chi connectivity index (χ1n) is 15.2. The Bertz CT molecular complexity index is 969. The van der Waals surface area contributed by atoms with Crippen LogP contribution in [0, 0.1) is 5.92 Å². The molecule has 0 amide bonds. The Morgan fingerprint density at radius 2 is 1.39 bits per heavy atom. The maximum Gasteiger partial charge on any atom is 0.0169 e. The molecule has 0 N–H and O–H groups in total. The van der Waals surface area contributed by atoms with Crippen LogP contribution in [0.5, 0.6) is 0 Å². The minimum absolute atomic E-state index is 0.171. The van der Waals surface area contributed by atoms with Crippen LogP contribution in [0.3, 0.4) is 0 Å². The van der Waals surface area contributed by atoms with Crippen molar-refractivity contribution in [3.63, 3.8) is 0 Å². The van der Waals surface area contributed by atoms with Crippen LogP contribution >= 0.6 is 0 Å². The molecule has 208 valence electrons. The van der Waals surface area contributed by atoms with E-state index in [1.165, 1.54) is 48.0 Å². The lowest BCUT2D eigenvalue weighted by atomic mass is 9.69. The van der Waals surface area contributed by atoms with Gasteiger partial charge in [-0.1, -0.05) is 178 Å². The van der Waals surface area contributed by atoms with Gasteiger partial charge in [-0.2, -0.15) is 0 Å². The zero-order valence-electron chi connectivity index (χ0n) is 26.0. The summed E-state index contributed by atoms with van der Waals surface area (Å²) >= 11 is 0. The minimum atomic E-state index is 0.171. The summed E-state index contributed by atoms with van der Waals surface area (Å²) in [6.45, 7) is 18.8. The molecule has 0 bridgehead atoms. The van der Waals surface area contributed by atoms with E-state index in [4.69, 9.17) is 0 Å². The van der Waals surface area contributed by atoms with Crippen molar-refractivity contribution in [2.45, 2.75) is 99.8 Å². The van der Waals surface area contributed by atoms with Gasteiger partial charge in [-0.15, -0.1) is 0 Å². The van der Waals surface area contributed by atoms with Crippen molar-refractivity contribution in [1.82, 2.24) is 0 Å². The SMILES string of the molecule is CC.CC.CC.CCC1C=CC=CC1(C)c1ccccc1.CCCCC1=CC(c2ccccc2)=CCC=C1. The van der Waals surface area contributed by atoms with Crippen LogP contribution < -0.4 is 0 Å². The molecular weight excluding hydrogens is 456 g/mol. The second kappa shape index (κ2) is 22.2. The van der Waals surface area contributed by atoms with Crippen molar-refractivity contribution in [3.05, 3.63) is 126 Å². The van der Waals surface area contributed by atoms with Gasteiger partial charge >= 0.3 is 0 Å². The van der Waals surface area contributed by atoms with E-state index in [-0.39, 0.29) is 5.41 Å². The molecule has 2 aromatic carbocycles. The Balaban J connectivity index is 0.000000605. The zero-order valence-corrected chi connectivity index (χ0v) is 26.0. The topological polar surface area (TPSA) is 0 Å². The van der Waals surface area contributed by atoms with Gasteiger partial charge in [0.25, 0.3) is 0 Å². The van der Waals surface area contributed by atoms with E-state index >= 15 is 0 Å². The summed E-state index contributed by atoms with van der Waals surface area (Å²) in [5.41, 5.74) is 5.73. The highest BCUT2D eigenvalue weighted by Crippen LogP contribution is 2.38. The van der Waals surface area contributed by atoms with Gasteiger partial charge in [0.15, 0.2) is 0 Å². The summed E-state index contributed by atoms with van der Waals surface area (Å²) in [5, 5.41) is 0. The number of hydrogen-bond acceptors (Lipinski definition) is 0. The summed E-state index contributed by atoms with van der Waals surface area (Å²) in [6, 6.07) is 21.4. The molecule has 4 rings (SSSR count). The van der Waals surface area contributed by atoms with Gasteiger partial charge in [-0.05, 0) is 53.9 Å². The fraction of sp³-hybridized carbons (Fsp3) is 0.421. The first-order chi connectivity index (χ1) is 18.7. The van der Waals surface area contributed by atoms with Crippen LogP contribution in [-0.4, -0.2) is 0 Å². The number of hydrogen-bond donors (Lipinski definition) is 0. The molecule has 0 spiro atoms. The standard InChI is InChI=1S/C17H20.C15H18.3C2H6/c1-2-3-9-15-10-7-8-13-17(14-15)16-11-5-4-6-12-16;1-3-13-9-7-8-12-15(13,2)14-10-5-4-6-11-14;3*1-2/h4-7,10-14H,2-3,8-9H2,1H3;4-13H,3H2,1-2H3;3*1-2H3. The van der Waals surface area contributed by atoms with E-state index in [9.17, 15) is 0 Å². The lowest BCUT2D eigenvalue weighted by Crippen LogP contribution is -2.29. The molecule has 0 heterocycles. The van der Waals surface area contributed by atoms with Crippen molar-refractivity contribution >= 4 is 5.57 Å². The van der Waals surface area contributed by atoms with Crippen LogP contribution in [0.25, 0.3) is 5.57 Å². The Kier molecular flexibility index (Phi) is 20.5. The van der Waals surface area contributed by atoms with Crippen LogP contribution in [0.4, 0.5) is 0 Å². The van der Waals surface area contributed by atoms with Crippen LogP contribution in [0.15, 0.2) is 115 Å². The van der Waals surface area contributed by atoms with E-state index in [2.05, 4.69) is 130 Å². The Morgan fingerprint density at radius 3 is 1.97 bits per heavy atom. The van der Waals surface area contributed by atoms with E-state index in [1.54, 1.807) is 0 Å². The average molecular weight is 513 g/mol. The van der Waals surface area contributed by atoms with Gasteiger partial charge in [0.1, 0.15) is 0 Å². The van der Waals surface area contributed by atoms with Crippen LogP contribution in [0.1, 0.15) is 106 Å². The lowest BCUT2D eigenvalue weighted by Gasteiger charge is -2.35. The molecule has 0 fully saturated rings.